The highest BCUT2D eigenvalue weighted by Gasteiger charge is 2.37. The Morgan fingerprint density at radius 2 is 1.36 bits per heavy atom. The lowest BCUT2D eigenvalue weighted by atomic mass is 9.82. The quantitative estimate of drug-likeness (QED) is 0.417. The first-order valence-corrected chi connectivity index (χ1v) is 9.56. The van der Waals surface area contributed by atoms with E-state index >= 15 is 0 Å². The van der Waals surface area contributed by atoms with Crippen molar-refractivity contribution in [3.8, 4) is 5.75 Å². The molecule has 2 radical (unpaired) electrons. The molecule has 4 aromatic rings. The summed E-state index contributed by atoms with van der Waals surface area (Å²) in [5.41, 5.74) is 3.64. The lowest BCUT2D eigenvalue weighted by Crippen LogP contribution is -2.34. The highest BCUT2D eigenvalue weighted by molar-refractivity contribution is 6.09. The third kappa shape index (κ3) is 2.57. The lowest BCUT2D eigenvalue weighted by Gasteiger charge is -2.37. The van der Waals surface area contributed by atoms with Crippen molar-refractivity contribution in [1.82, 2.24) is 0 Å². The Morgan fingerprint density at radius 3 is 2.00 bits per heavy atom. The van der Waals surface area contributed by atoms with Gasteiger partial charge >= 0.3 is 0 Å². The highest BCUT2D eigenvalue weighted by Crippen LogP contribution is 2.45. The first-order chi connectivity index (χ1) is 13.8. The van der Waals surface area contributed by atoms with Crippen LogP contribution in [-0.4, -0.2) is 7.85 Å². The molecule has 2 heteroatoms. The van der Waals surface area contributed by atoms with E-state index < -0.39 is 5.60 Å². The SMILES string of the molecule is [B]Cc1cc2ccccc2c2c1OC(c1ccccc1)(c1ccccc1)C=C2. The van der Waals surface area contributed by atoms with Gasteiger partial charge in [0.05, 0.1) is 7.85 Å². The summed E-state index contributed by atoms with van der Waals surface area (Å²) in [5, 5.41) is 2.36. The summed E-state index contributed by atoms with van der Waals surface area (Å²) < 4.78 is 6.86. The van der Waals surface area contributed by atoms with Crippen molar-refractivity contribution in [2.24, 2.45) is 0 Å². The molecule has 28 heavy (non-hydrogen) atoms. The van der Waals surface area contributed by atoms with E-state index in [1.807, 2.05) is 12.1 Å². The van der Waals surface area contributed by atoms with Gasteiger partial charge in [-0.2, -0.15) is 0 Å². The van der Waals surface area contributed by atoms with E-state index in [0.717, 1.165) is 28.0 Å². The van der Waals surface area contributed by atoms with Crippen molar-refractivity contribution in [3.05, 3.63) is 119 Å². The van der Waals surface area contributed by atoms with Gasteiger partial charge in [-0.15, -0.1) is 0 Å². The molecule has 0 atom stereocenters. The molecule has 0 unspecified atom stereocenters. The summed E-state index contributed by atoms with van der Waals surface area (Å²) in [6.07, 6.45) is 4.80. The number of hydrogen-bond donors (Lipinski definition) is 0. The summed E-state index contributed by atoms with van der Waals surface area (Å²) in [4.78, 5) is 0. The van der Waals surface area contributed by atoms with Gasteiger partial charge in [0.1, 0.15) is 5.75 Å². The highest BCUT2D eigenvalue weighted by atomic mass is 16.5. The van der Waals surface area contributed by atoms with Crippen molar-refractivity contribution in [2.45, 2.75) is 11.9 Å². The van der Waals surface area contributed by atoms with Crippen LogP contribution >= 0.6 is 0 Å². The Hall–Kier alpha value is -3.26. The molecule has 4 aromatic carbocycles. The van der Waals surface area contributed by atoms with E-state index in [9.17, 15) is 0 Å². The molecule has 0 bridgehead atoms. The van der Waals surface area contributed by atoms with Crippen LogP contribution in [0.25, 0.3) is 16.8 Å². The topological polar surface area (TPSA) is 9.23 Å². The van der Waals surface area contributed by atoms with Crippen molar-refractivity contribution < 1.29 is 4.74 Å². The van der Waals surface area contributed by atoms with Gasteiger partial charge in [0, 0.05) is 16.7 Å². The van der Waals surface area contributed by atoms with Crippen LogP contribution in [0.1, 0.15) is 22.3 Å². The second-order valence-electron chi connectivity index (χ2n) is 7.11. The molecule has 0 amide bonds. The van der Waals surface area contributed by atoms with Gasteiger partial charge in [0.15, 0.2) is 5.60 Å². The maximum Gasteiger partial charge on any atom is 0.178 e. The molecule has 0 saturated carbocycles. The van der Waals surface area contributed by atoms with E-state index in [-0.39, 0.29) is 0 Å². The summed E-state index contributed by atoms with van der Waals surface area (Å²) >= 11 is 0. The molecule has 5 rings (SSSR count). The molecule has 0 saturated heterocycles. The zero-order valence-corrected chi connectivity index (χ0v) is 15.5. The second kappa shape index (κ2) is 6.72. The molecule has 1 aliphatic heterocycles. The first-order valence-electron chi connectivity index (χ1n) is 9.56. The van der Waals surface area contributed by atoms with Crippen molar-refractivity contribution in [3.63, 3.8) is 0 Å². The largest absolute Gasteiger partial charge is 0.473 e. The molecule has 1 aliphatic rings. The molecule has 1 nitrogen and oxygen atoms in total. The summed E-state index contributed by atoms with van der Waals surface area (Å²) in [6, 6.07) is 31.3. The zero-order chi connectivity index (χ0) is 19.0. The Bertz CT molecular complexity index is 1120. The maximum absolute atomic E-state index is 6.86. The molecule has 1 heterocycles. The van der Waals surface area contributed by atoms with Crippen LogP contribution in [0.4, 0.5) is 0 Å². The fourth-order valence-corrected chi connectivity index (χ4v) is 4.10. The van der Waals surface area contributed by atoms with Gasteiger partial charge in [0.25, 0.3) is 0 Å². The maximum atomic E-state index is 6.86. The van der Waals surface area contributed by atoms with Crippen LogP contribution in [0.5, 0.6) is 5.75 Å². The fourth-order valence-electron chi connectivity index (χ4n) is 4.10. The monoisotopic (exact) mass is 358 g/mol. The van der Waals surface area contributed by atoms with Gasteiger partial charge in [-0.25, -0.2) is 0 Å². The van der Waals surface area contributed by atoms with E-state index in [2.05, 4.69) is 91.0 Å². The van der Waals surface area contributed by atoms with E-state index in [0.29, 0.717) is 6.32 Å². The minimum Gasteiger partial charge on any atom is -0.473 e. The fraction of sp³-hybridized carbons (Fsp3) is 0.0769. The van der Waals surface area contributed by atoms with Gasteiger partial charge in [0.2, 0.25) is 0 Å². The minimum atomic E-state index is -0.679. The molecule has 0 aliphatic carbocycles. The molecule has 0 spiro atoms. The number of rotatable bonds is 3. The third-order valence-corrected chi connectivity index (χ3v) is 5.49. The summed E-state index contributed by atoms with van der Waals surface area (Å²) in [6.45, 7) is 0. The predicted octanol–water partition coefficient (Wildman–Crippen LogP) is 5.86. The van der Waals surface area contributed by atoms with E-state index in [1.165, 1.54) is 10.8 Å². The average Bonchev–Trinajstić information content (AvgIpc) is 2.79. The van der Waals surface area contributed by atoms with E-state index in [1.54, 1.807) is 0 Å². The Labute approximate surface area is 166 Å². The van der Waals surface area contributed by atoms with Crippen LogP contribution in [-0.2, 0) is 11.9 Å². The summed E-state index contributed by atoms with van der Waals surface area (Å²) in [7, 11) is 6.13. The Kier molecular flexibility index (Phi) is 4.05. The molecule has 0 aromatic heterocycles. The molecular formula is C26H19BO. The smallest absolute Gasteiger partial charge is 0.178 e. The molecule has 132 valence electrons. The first kappa shape index (κ1) is 16.9. The van der Waals surface area contributed by atoms with Crippen molar-refractivity contribution in [2.75, 3.05) is 0 Å². The predicted molar refractivity (Wildman–Crippen MR) is 117 cm³/mol. The van der Waals surface area contributed by atoms with Crippen LogP contribution in [0.2, 0.25) is 0 Å². The van der Waals surface area contributed by atoms with Gasteiger partial charge in [-0.3, -0.25) is 0 Å². The number of fused-ring (bicyclic) bond motifs is 3. The van der Waals surface area contributed by atoms with Crippen LogP contribution < -0.4 is 4.74 Å². The zero-order valence-electron chi connectivity index (χ0n) is 15.5. The van der Waals surface area contributed by atoms with Crippen molar-refractivity contribution >= 4 is 24.7 Å². The average molecular weight is 358 g/mol. The minimum absolute atomic E-state index is 0.431. The Balaban J connectivity index is 1.79. The third-order valence-electron chi connectivity index (χ3n) is 5.49. The Morgan fingerprint density at radius 1 is 0.750 bits per heavy atom. The lowest BCUT2D eigenvalue weighted by molar-refractivity contribution is 0.160. The van der Waals surface area contributed by atoms with Crippen LogP contribution in [0.15, 0.2) is 97.1 Å². The van der Waals surface area contributed by atoms with Crippen LogP contribution in [0.3, 0.4) is 0 Å². The molecule has 0 N–H and O–H groups in total. The van der Waals surface area contributed by atoms with Gasteiger partial charge in [-0.1, -0.05) is 91.2 Å². The second-order valence-corrected chi connectivity index (χ2v) is 7.11. The van der Waals surface area contributed by atoms with Crippen LogP contribution in [0, 0.1) is 0 Å². The number of benzene rings is 4. The summed E-state index contributed by atoms with van der Waals surface area (Å²) in [5.74, 6) is 0.872. The molecule has 0 fully saturated rings. The van der Waals surface area contributed by atoms with Crippen molar-refractivity contribution in [1.29, 1.82) is 0 Å². The van der Waals surface area contributed by atoms with E-state index in [4.69, 9.17) is 12.6 Å². The number of hydrogen-bond acceptors (Lipinski definition) is 1. The van der Waals surface area contributed by atoms with Gasteiger partial charge in [-0.05, 0) is 34.6 Å². The van der Waals surface area contributed by atoms with Gasteiger partial charge < -0.3 is 4.74 Å². The normalized spacial score (nSPS) is 14.4. The number of ether oxygens (including phenoxy) is 1. The standard InChI is InChI=1S/C26H19BO/c27-18-20-17-19-9-7-8-14-23(19)24-15-16-26(28-25(20)24,21-10-3-1-4-11-21)22-12-5-2-6-13-22/h1-17H,18H2. The molecular weight excluding hydrogens is 339 g/mol.